The maximum Gasteiger partial charge on any atom is 0.264 e. The van der Waals surface area contributed by atoms with Crippen LogP contribution in [0, 0.1) is 0 Å². The largest absolute Gasteiger partial charge is 0.488 e. The van der Waals surface area contributed by atoms with E-state index in [2.05, 4.69) is 20.0 Å². The predicted molar refractivity (Wildman–Crippen MR) is 126 cm³/mol. The molecule has 1 aromatic heterocycles. The average molecular weight is 469 g/mol. The van der Waals surface area contributed by atoms with E-state index in [1.54, 1.807) is 12.1 Å². The van der Waals surface area contributed by atoms with E-state index in [4.69, 9.17) is 4.74 Å². The van der Waals surface area contributed by atoms with Crippen LogP contribution < -0.4 is 14.8 Å². The molecule has 0 aliphatic heterocycles. The zero-order valence-corrected chi connectivity index (χ0v) is 19.7. The van der Waals surface area contributed by atoms with Gasteiger partial charge in [-0.25, -0.2) is 23.1 Å². The van der Waals surface area contributed by atoms with Gasteiger partial charge in [-0.05, 0) is 43.5 Å². The fraction of sp³-hybridized carbons (Fsp3) is 0.292. The van der Waals surface area contributed by atoms with E-state index in [1.165, 1.54) is 24.5 Å². The molecule has 1 amide bonds. The Kier molecular flexibility index (Phi) is 8.00. The Morgan fingerprint density at radius 3 is 2.21 bits per heavy atom. The highest BCUT2D eigenvalue weighted by Gasteiger charge is 2.17. The summed E-state index contributed by atoms with van der Waals surface area (Å²) >= 11 is 0. The summed E-state index contributed by atoms with van der Waals surface area (Å²) in [4.78, 5) is 20.5. The van der Waals surface area contributed by atoms with Gasteiger partial charge in [-0.2, -0.15) is 0 Å². The van der Waals surface area contributed by atoms with E-state index in [0.717, 1.165) is 12.0 Å². The maximum absolute atomic E-state index is 12.6. The van der Waals surface area contributed by atoms with Crippen molar-refractivity contribution in [3.8, 4) is 5.75 Å². The number of benzene rings is 2. The first-order valence-electron chi connectivity index (χ1n) is 10.7. The summed E-state index contributed by atoms with van der Waals surface area (Å²) in [7, 11) is -3.87. The van der Waals surface area contributed by atoms with Gasteiger partial charge in [0.2, 0.25) is 11.9 Å². The molecule has 0 saturated carbocycles. The third-order valence-corrected chi connectivity index (χ3v) is 6.11. The molecule has 33 heavy (non-hydrogen) atoms. The van der Waals surface area contributed by atoms with Crippen LogP contribution in [0.3, 0.4) is 0 Å². The number of ether oxygens (including phenoxy) is 1. The molecule has 3 aromatic rings. The second kappa shape index (κ2) is 10.9. The number of hydrogen-bond acceptors (Lipinski definition) is 6. The first kappa shape index (κ1) is 24.2. The van der Waals surface area contributed by atoms with E-state index in [0.29, 0.717) is 11.3 Å². The molecule has 0 spiro atoms. The molecule has 174 valence electrons. The lowest BCUT2D eigenvalue weighted by Crippen LogP contribution is -2.29. The molecule has 0 radical (unpaired) electrons. The van der Waals surface area contributed by atoms with Gasteiger partial charge in [-0.1, -0.05) is 49.4 Å². The van der Waals surface area contributed by atoms with Crippen LogP contribution in [0.5, 0.6) is 5.75 Å². The smallest absolute Gasteiger partial charge is 0.264 e. The Labute approximate surface area is 194 Å². The number of anilines is 1. The molecule has 0 bridgehead atoms. The monoisotopic (exact) mass is 468 g/mol. The number of amides is 1. The summed E-state index contributed by atoms with van der Waals surface area (Å²) in [5.41, 5.74) is 1.76. The highest BCUT2D eigenvalue weighted by atomic mass is 32.2. The second-order valence-corrected chi connectivity index (χ2v) is 9.46. The van der Waals surface area contributed by atoms with Gasteiger partial charge >= 0.3 is 0 Å². The van der Waals surface area contributed by atoms with Crippen molar-refractivity contribution in [2.24, 2.45) is 0 Å². The first-order valence-corrected chi connectivity index (χ1v) is 12.2. The first-order chi connectivity index (χ1) is 15.8. The Balaban J connectivity index is 1.61. The van der Waals surface area contributed by atoms with Gasteiger partial charge in [0.15, 0.2) is 5.75 Å². The van der Waals surface area contributed by atoms with E-state index < -0.39 is 10.0 Å². The minimum absolute atomic E-state index is 0.0389. The molecule has 2 N–H and O–H groups in total. The highest BCUT2D eigenvalue weighted by Crippen LogP contribution is 2.18. The van der Waals surface area contributed by atoms with Crippen LogP contribution in [0.15, 0.2) is 71.9 Å². The van der Waals surface area contributed by atoms with Gasteiger partial charge in [-0.15, -0.1) is 0 Å². The van der Waals surface area contributed by atoms with Crippen LogP contribution >= 0.6 is 0 Å². The van der Waals surface area contributed by atoms with Crippen molar-refractivity contribution in [3.63, 3.8) is 0 Å². The summed E-state index contributed by atoms with van der Waals surface area (Å²) in [5, 5.41) is 3.03. The number of aromatic nitrogens is 2. The van der Waals surface area contributed by atoms with Crippen LogP contribution in [0.2, 0.25) is 0 Å². The summed E-state index contributed by atoms with van der Waals surface area (Å²) in [6.45, 7) is 5.75. The van der Waals surface area contributed by atoms with Crippen molar-refractivity contribution in [2.45, 2.75) is 50.7 Å². The standard InChI is InChI=1S/C24H28N4O4S/c1-4-22(19-8-6-5-7-9-19)27-23(29)14-18-10-12-21(13-11-18)33(30,31)28-24-25-15-20(16-26-24)32-17(2)3/h5-13,15-17,22H,4,14H2,1-3H3,(H,27,29)(H,25,26,28). The van der Waals surface area contributed by atoms with Crippen molar-refractivity contribution in [3.05, 3.63) is 78.1 Å². The van der Waals surface area contributed by atoms with Crippen LogP contribution in [0.25, 0.3) is 0 Å². The molecule has 3 rings (SSSR count). The van der Waals surface area contributed by atoms with E-state index in [-0.39, 0.29) is 35.3 Å². The van der Waals surface area contributed by atoms with Gasteiger partial charge < -0.3 is 10.1 Å². The summed E-state index contributed by atoms with van der Waals surface area (Å²) in [6, 6.07) is 15.9. The van der Waals surface area contributed by atoms with Gasteiger partial charge in [0, 0.05) is 0 Å². The normalized spacial score (nSPS) is 12.2. The van der Waals surface area contributed by atoms with Gasteiger partial charge in [-0.3, -0.25) is 4.79 Å². The Hall–Kier alpha value is -3.46. The van der Waals surface area contributed by atoms with Crippen molar-refractivity contribution < 1.29 is 17.9 Å². The number of rotatable bonds is 10. The molecule has 1 heterocycles. The lowest BCUT2D eigenvalue weighted by molar-refractivity contribution is -0.121. The fourth-order valence-corrected chi connectivity index (χ4v) is 4.16. The molecule has 0 aliphatic rings. The Morgan fingerprint density at radius 2 is 1.64 bits per heavy atom. The van der Waals surface area contributed by atoms with E-state index in [1.807, 2.05) is 51.1 Å². The summed E-state index contributed by atoms with van der Waals surface area (Å²) < 4.78 is 33.1. The van der Waals surface area contributed by atoms with Gasteiger partial charge in [0.1, 0.15) is 0 Å². The molecule has 0 fully saturated rings. The molecule has 9 heteroatoms. The molecule has 1 atom stereocenters. The third-order valence-electron chi connectivity index (χ3n) is 4.77. The van der Waals surface area contributed by atoms with Gasteiger partial charge in [0.25, 0.3) is 10.0 Å². The van der Waals surface area contributed by atoms with E-state index >= 15 is 0 Å². The zero-order valence-electron chi connectivity index (χ0n) is 18.9. The Bertz CT molecular complexity index is 1150. The third kappa shape index (κ3) is 7.01. The average Bonchev–Trinajstić information content (AvgIpc) is 2.79. The zero-order chi connectivity index (χ0) is 23.8. The number of sulfonamides is 1. The second-order valence-electron chi connectivity index (χ2n) is 7.77. The number of hydrogen-bond donors (Lipinski definition) is 2. The lowest BCUT2D eigenvalue weighted by atomic mass is 10.0. The molecular formula is C24H28N4O4S. The highest BCUT2D eigenvalue weighted by molar-refractivity contribution is 7.92. The molecule has 0 aliphatic carbocycles. The van der Waals surface area contributed by atoms with Crippen LogP contribution in [0.1, 0.15) is 44.4 Å². The van der Waals surface area contributed by atoms with E-state index in [9.17, 15) is 13.2 Å². The topological polar surface area (TPSA) is 110 Å². The SMILES string of the molecule is CCC(NC(=O)Cc1ccc(S(=O)(=O)Nc2ncc(OC(C)C)cn2)cc1)c1ccccc1. The lowest BCUT2D eigenvalue weighted by Gasteiger charge is -2.17. The van der Waals surface area contributed by atoms with Crippen molar-refractivity contribution >= 4 is 21.9 Å². The summed E-state index contributed by atoms with van der Waals surface area (Å²) in [6.07, 6.45) is 3.70. The predicted octanol–water partition coefficient (Wildman–Crippen LogP) is 3.87. The molecule has 2 aromatic carbocycles. The molecule has 0 saturated heterocycles. The van der Waals surface area contributed by atoms with Crippen molar-refractivity contribution in [2.75, 3.05) is 4.72 Å². The maximum atomic E-state index is 12.6. The van der Waals surface area contributed by atoms with Crippen LogP contribution in [0.4, 0.5) is 5.95 Å². The van der Waals surface area contributed by atoms with Gasteiger partial charge in [0.05, 0.1) is 35.9 Å². The number of carbonyl (C=O) groups is 1. The Morgan fingerprint density at radius 1 is 1.00 bits per heavy atom. The van der Waals surface area contributed by atoms with Crippen LogP contribution in [-0.4, -0.2) is 30.4 Å². The number of nitrogens with zero attached hydrogens (tertiary/aromatic N) is 2. The minimum atomic E-state index is -3.87. The van der Waals surface area contributed by atoms with Crippen molar-refractivity contribution in [1.82, 2.24) is 15.3 Å². The molecule has 1 unspecified atom stereocenters. The minimum Gasteiger partial charge on any atom is -0.488 e. The number of carbonyl (C=O) groups excluding carboxylic acids is 1. The van der Waals surface area contributed by atoms with Crippen LogP contribution in [-0.2, 0) is 21.2 Å². The summed E-state index contributed by atoms with van der Waals surface area (Å²) in [5.74, 6) is 0.269. The van der Waals surface area contributed by atoms with Crippen molar-refractivity contribution in [1.29, 1.82) is 0 Å². The number of nitrogens with one attached hydrogen (secondary N) is 2. The quantitative estimate of drug-likeness (QED) is 0.467. The molecule has 8 nitrogen and oxygen atoms in total. The molecular weight excluding hydrogens is 440 g/mol. The fourth-order valence-electron chi connectivity index (χ4n) is 3.20.